The number of hydrogen-bond acceptors (Lipinski definition) is 5. The molecule has 1 amide bonds. The average molecular weight is 299 g/mol. The maximum absolute atomic E-state index is 12.2. The first-order chi connectivity index (χ1) is 10.1. The van der Waals surface area contributed by atoms with Crippen LogP contribution in [0.25, 0.3) is 11.3 Å². The Morgan fingerprint density at radius 2 is 2.10 bits per heavy atom. The first-order valence-electron chi connectivity index (χ1n) is 6.31. The highest BCUT2D eigenvalue weighted by molar-refractivity contribution is 7.14. The van der Waals surface area contributed by atoms with Crippen LogP contribution in [-0.2, 0) is 7.05 Å². The highest BCUT2D eigenvalue weighted by Gasteiger charge is 2.14. The van der Waals surface area contributed by atoms with Crippen molar-refractivity contribution in [2.24, 2.45) is 7.05 Å². The van der Waals surface area contributed by atoms with Gasteiger partial charge in [0, 0.05) is 30.4 Å². The third-order valence-electron chi connectivity index (χ3n) is 2.94. The van der Waals surface area contributed by atoms with E-state index in [4.69, 9.17) is 0 Å². The maximum atomic E-state index is 12.2. The van der Waals surface area contributed by atoms with Crippen molar-refractivity contribution in [2.45, 2.75) is 6.92 Å². The van der Waals surface area contributed by atoms with Crippen molar-refractivity contribution >= 4 is 22.4 Å². The van der Waals surface area contributed by atoms with Crippen molar-refractivity contribution in [3.63, 3.8) is 0 Å². The molecular formula is C14H13N5OS. The molecule has 21 heavy (non-hydrogen) atoms. The molecule has 0 spiro atoms. The number of pyridine rings is 1. The van der Waals surface area contributed by atoms with Gasteiger partial charge < -0.3 is 0 Å². The zero-order valence-electron chi connectivity index (χ0n) is 11.6. The molecule has 0 aliphatic heterocycles. The van der Waals surface area contributed by atoms with Gasteiger partial charge in [-0.15, -0.1) is 11.3 Å². The normalized spacial score (nSPS) is 10.6. The lowest BCUT2D eigenvalue weighted by atomic mass is 10.2. The summed E-state index contributed by atoms with van der Waals surface area (Å²) in [4.78, 5) is 20.6. The van der Waals surface area contributed by atoms with Gasteiger partial charge >= 0.3 is 0 Å². The number of carbonyl (C=O) groups excluding carboxylic acids is 1. The minimum Gasteiger partial charge on any atom is -0.296 e. The number of nitrogens with one attached hydrogen (secondary N) is 1. The summed E-state index contributed by atoms with van der Waals surface area (Å²) in [6, 6.07) is 5.50. The molecule has 3 rings (SSSR count). The fraction of sp³-hybridized carbons (Fsp3) is 0.143. The minimum atomic E-state index is -0.214. The molecule has 3 heterocycles. The summed E-state index contributed by atoms with van der Waals surface area (Å²) >= 11 is 1.39. The minimum absolute atomic E-state index is 0.214. The molecule has 7 heteroatoms. The van der Waals surface area contributed by atoms with Gasteiger partial charge in [-0.3, -0.25) is 19.8 Å². The quantitative estimate of drug-likeness (QED) is 0.806. The van der Waals surface area contributed by atoms with Gasteiger partial charge in [-0.05, 0) is 25.1 Å². The Hall–Kier alpha value is -2.54. The van der Waals surface area contributed by atoms with Gasteiger partial charge in [0.05, 0.1) is 11.4 Å². The number of nitrogens with zero attached hydrogens (tertiary/aromatic N) is 4. The number of aromatic nitrogens is 4. The Morgan fingerprint density at radius 1 is 1.33 bits per heavy atom. The fourth-order valence-corrected chi connectivity index (χ4v) is 2.69. The van der Waals surface area contributed by atoms with Crippen LogP contribution in [0, 0.1) is 6.92 Å². The number of rotatable bonds is 3. The summed E-state index contributed by atoms with van der Waals surface area (Å²) in [7, 11) is 1.74. The van der Waals surface area contributed by atoms with Crippen LogP contribution in [-0.4, -0.2) is 25.7 Å². The van der Waals surface area contributed by atoms with E-state index in [0.29, 0.717) is 10.8 Å². The molecule has 0 fully saturated rings. The molecule has 3 aromatic rings. The summed E-state index contributed by atoms with van der Waals surface area (Å²) in [6.07, 6.45) is 3.43. The molecule has 1 N–H and O–H groups in total. The van der Waals surface area contributed by atoms with Gasteiger partial charge in [-0.1, -0.05) is 0 Å². The molecule has 3 aromatic heterocycles. The predicted octanol–water partition coefficient (Wildman–Crippen LogP) is 2.50. The molecule has 0 saturated heterocycles. The number of anilines is 1. The van der Waals surface area contributed by atoms with Crippen LogP contribution < -0.4 is 5.32 Å². The third-order valence-corrected chi connectivity index (χ3v) is 3.69. The number of carbonyl (C=O) groups is 1. The molecule has 0 atom stereocenters. The second-order valence-electron chi connectivity index (χ2n) is 4.52. The van der Waals surface area contributed by atoms with Crippen LogP contribution in [0.5, 0.6) is 0 Å². The predicted molar refractivity (Wildman–Crippen MR) is 81.2 cm³/mol. The highest BCUT2D eigenvalue weighted by atomic mass is 32.1. The highest BCUT2D eigenvalue weighted by Crippen LogP contribution is 2.24. The van der Waals surface area contributed by atoms with Crippen LogP contribution >= 0.6 is 11.3 Å². The van der Waals surface area contributed by atoms with Crippen molar-refractivity contribution in [1.29, 1.82) is 0 Å². The molecular weight excluding hydrogens is 286 g/mol. The van der Waals surface area contributed by atoms with Gasteiger partial charge in [-0.25, -0.2) is 4.98 Å². The summed E-state index contributed by atoms with van der Waals surface area (Å²) in [5.74, 6) is -0.214. The second-order valence-corrected chi connectivity index (χ2v) is 5.38. The zero-order chi connectivity index (χ0) is 14.8. The Morgan fingerprint density at radius 3 is 2.76 bits per heavy atom. The summed E-state index contributed by atoms with van der Waals surface area (Å²) in [6.45, 7) is 1.85. The van der Waals surface area contributed by atoms with Crippen LogP contribution in [0.2, 0.25) is 0 Å². The molecule has 106 valence electrons. The molecule has 6 nitrogen and oxygen atoms in total. The lowest BCUT2D eigenvalue weighted by Crippen LogP contribution is -2.15. The SMILES string of the molecule is Cc1cc(C(=O)Nc2nc(-c3ccncc3)cs2)n(C)n1. The van der Waals surface area contributed by atoms with E-state index in [1.807, 2.05) is 24.4 Å². The van der Waals surface area contributed by atoms with Gasteiger partial charge in [0.25, 0.3) is 5.91 Å². The van der Waals surface area contributed by atoms with Gasteiger partial charge in [0.1, 0.15) is 5.69 Å². The van der Waals surface area contributed by atoms with E-state index < -0.39 is 0 Å². The summed E-state index contributed by atoms with van der Waals surface area (Å²) in [5, 5.41) is 9.42. The molecule has 0 aliphatic carbocycles. The number of thiazole rings is 1. The van der Waals surface area contributed by atoms with Gasteiger partial charge in [-0.2, -0.15) is 5.10 Å². The van der Waals surface area contributed by atoms with E-state index >= 15 is 0 Å². The van der Waals surface area contributed by atoms with Crippen molar-refractivity contribution < 1.29 is 4.79 Å². The fourth-order valence-electron chi connectivity index (χ4n) is 1.97. The second kappa shape index (κ2) is 5.45. The van der Waals surface area contributed by atoms with Crippen LogP contribution in [0.15, 0.2) is 36.0 Å². The number of hydrogen-bond donors (Lipinski definition) is 1. The first-order valence-corrected chi connectivity index (χ1v) is 7.19. The largest absolute Gasteiger partial charge is 0.296 e. The standard InChI is InChI=1S/C14H13N5OS/c1-9-7-12(19(2)18-9)13(20)17-14-16-11(8-21-14)10-3-5-15-6-4-10/h3-8H,1-2H3,(H,16,17,20). The van der Waals surface area contributed by atoms with Gasteiger partial charge in [0.2, 0.25) is 0 Å². The van der Waals surface area contributed by atoms with Crippen molar-refractivity contribution in [3.05, 3.63) is 47.4 Å². The Bertz CT molecular complexity index is 778. The lowest BCUT2D eigenvalue weighted by molar-refractivity contribution is 0.101. The monoisotopic (exact) mass is 299 g/mol. The van der Waals surface area contributed by atoms with Crippen molar-refractivity contribution in [1.82, 2.24) is 19.7 Å². The summed E-state index contributed by atoms with van der Waals surface area (Å²) in [5.41, 5.74) is 3.10. The lowest BCUT2D eigenvalue weighted by Gasteiger charge is -2.01. The molecule has 0 aromatic carbocycles. The van der Waals surface area contributed by atoms with E-state index in [1.54, 1.807) is 30.2 Å². The topological polar surface area (TPSA) is 72.7 Å². The Kier molecular flexibility index (Phi) is 3.49. The van der Waals surface area contributed by atoms with E-state index in [0.717, 1.165) is 17.0 Å². The first kappa shape index (κ1) is 13.4. The Balaban J connectivity index is 1.79. The third kappa shape index (κ3) is 2.82. The molecule has 0 saturated carbocycles. The van der Waals surface area contributed by atoms with Crippen LogP contribution in [0.4, 0.5) is 5.13 Å². The van der Waals surface area contributed by atoms with E-state index in [1.165, 1.54) is 11.3 Å². The molecule has 0 unspecified atom stereocenters. The van der Waals surface area contributed by atoms with Crippen molar-refractivity contribution in [3.8, 4) is 11.3 Å². The van der Waals surface area contributed by atoms with E-state index in [-0.39, 0.29) is 5.91 Å². The van der Waals surface area contributed by atoms with Crippen molar-refractivity contribution in [2.75, 3.05) is 5.32 Å². The molecule has 0 bridgehead atoms. The summed E-state index contributed by atoms with van der Waals surface area (Å²) < 4.78 is 1.56. The smallest absolute Gasteiger partial charge is 0.275 e. The van der Waals surface area contributed by atoms with E-state index in [2.05, 4.69) is 20.4 Å². The maximum Gasteiger partial charge on any atom is 0.275 e. The number of amides is 1. The molecule has 0 radical (unpaired) electrons. The van der Waals surface area contributed by atoms with E-state index in [9.17, 15) is 4.79 Å². The van der Waals surface area contributed by atoms with Crippen LogP contribution in [0.3, 0.4) is 0 Å². The Labute approximate surface area is 125 Å². The zero-order valence-corrected chi connectivity index (χ0v) is 12.4. The molecule has 0 aliphatic rings. The van der Waals surface area contributed by atoms with Crippen LogP contribution in [0.1, 0.15) is 16.2 Å². The van der Waals surface area contributed by atoms with Gasteiger partial charge in [0.15, 0.2) is 5.13 Å². The number of aryl methyl sites for hydroxylation is 2. The average Bonchev–Trinajstić information content (AvgIpc) is 3.06.